The third kappa shape index (κ3) is 8.51. The Labute approximate surface area is 205 Å². The topological polar surface area (TPSA) is 63.1 Å². The van der Waals surface area contributed by atoms with Crippen molar-refractivity contribution >= 4 is 29.9 Å². The number of guanidine groups is 1. The minimum Gasteiger partial charge on any atom is -0.393 e. The minimum absolute atomic E-state index is 0. The van der Waals surface area contributed by atoms with E-state index in [9.17, 15) is 5.11 Å². The van der Waals surface area contributed by atoms with Gasteiger partial charge in [-0.15, -0.1) is 24.0 Å². The van der Waals surface area contributed by atoms with Crippen molar-refractivity contribution in [1.29, 1.82) is 0 Å². The summed E-state index contributed by atoms with van der Waals surface area (Å²) >= 11 is 0. The monoisotopic (exact) mass is 543 g/mol. The summed E-state index contributed by atoms with van der Waals surface area (Å²) in [5.41, 5.74) is 2.72. The van der Waals surface area contributed by atoms with Gasteiger partial charge in [-0.25, -0.2) is 0 Å². The molecule has 0 bridgehead atoms. The number of aliphatic imine (C=N–C) groups is 1. The summed E-state index contributed by atoms with van der Waals surface area (Å²) < 4.78 is 0. The Bertz CT molecular complexity index is 665. The zero-order chi connectivity index (χ0) is 21.4. The highest BCUT2D eigenvalue weighted by atomic mass is 127. The fraction of sp³-hybridized carbons (Fsp3) is 0.708. The van der Waals surface area contributed by atoms with Crippen LogP contribution < -0.4 is 10.6 Å². The second kappa shape index (κ2) is 13.0. The van der Waals surface area contributed by atoms with E-state index in [1.807, 2.05) is 7.05 Å². The molecule has 1 aromatic rings. The van der Waals surface area contributed by atoms with Crippen LogP contribution in [0.4, 0.5) is 0 Å². The van der Waals surface area contributed by atoms with Crippen molar-refractivity contribution in [2.75, 3.05) is 39.8 Å². The van der Waals surface area contributed by atoms with Gasteiger partial charge < -0.3 is 15.7 Å². The fourth-order valence-electron chi connectivity index (χ4n) is 4.42. The van der Waals surface area contributed by atoms with Crippen molar-refractivity contribution in [1.82, 2.24) is 20.4 Å². The molecule has 0 saturated carbocycles. The van der Waals surface area contributed by atoms with Crippen molar-refractivity contribution < 1.29 is 5.11 Å². The number of rotatable bonds is 7. The molecular weight excluding hydrogens is 501 g/mol. The van der Waals surface area contributed by atoms with Crippen LogP contribution in [0.15, 0.2) is 29.3 Å². The highest BCUT2D eigenvalue weighted by molar-refractivity contribution is 14.0. The quantitative estimate of drug-likeness (QED) is 0.280. The van der Waals surface area contributed by atoms with Gasteiger partial charge in [0.1, 0.15) is 0 Å². The smallest absolute Gasteiger partial charge is 0.191 e. The zero-order valence-corrected chi connectivity index (χ0v) is 21.9. The van der Waals surface area contributed by atoms with E-state index in [0.717, 1.165) is 51.5 Å². The molecule has 0 aliphatic carbocycles. The van der Waals surface area contributed by atoms with Crippen molar-refractivity contribution in [2.45, 2.75) is 70.7 Å². The first-order chi connectivity index (χ1) is 14.5. The van der Waals surface area contributed by atoms with Gasteiger partial charge in [0, 0.05) is 45.3 Å². The van der Waals surface area contributed by atoms with Gasteiger partial charge in [0.05, 0.1) is 6.10 Å². The molecule has 31 heavy (non-hydrogen) atoms. The highest BCUT2D eigenvalue weighted by Gasteiger charge is 2.27. The summed E-state index contributed by atoms with van der Waals surface area (Å²) in [6, 6.07) is 8.84. The number of aliphatic hydroxyl groups is 1. The number of nitrogens with zero attached hydrogens (tertiary/aromatic N) is 3. The molecule has 2 saturated heterocycles. The van der Waals surface area contributed by atoms with Gasteiger partial charge in [-0.3, -0.25) is 14.8 Å². The predicted octanol–water partition coefficient (Wildman–Crippen LogP) is 3.19. The number of piperidine rings is 2. The zero-order valence-electron chi connectivity index (χ0n) is 19.6. The molecule has 0 amide bonds. The van der Waals surface area contributed by atoms with Crippen molar-refractivity contribution in [3.05, 3.63) is 35.4 Å². The fourth-order valence-corrected chi connectivity index (χ4v) is 4.42. The summed E-state index contributed by atoms with van der Waals surface area (Å²) in [7, 11) is 1.84. The molecule has 3 N–H and O–H groups in total. The van der Waals surface area contributed by atoms with Crippen molar-refractivity contribution in [2.24, 2.45) is 4.99 Å². The van der Waals surface area contributed by atoms with Gasteiger partial charge >= 0.3 is 0 Å². The number of halogens is 1. The Hall–Kier alpha value is -0.900. The molecular formula is C24H42IN5O. The second-order valence-corrected chi connectivity index (χ2v) is 9.46. The standard InChI is InChI=1S/C24H41N5O.HI/c1-24(2,29-13-5-4-6-14-29)19-27-23(25-3)26-17-20-7-9-21(10-8-20)18-28-15-11-22(30)12-16-28;/h7-10,22,30H,4-6,11-19H2,1-3H3,(H2,25,26,27);1H. The summed E-state index contributed by atoms with van der Waals surface area (Å²) in [6.45, 7) is 11.6. The number of hydrogen-bond donors (Lipinski definition) is 3. The first kappa shape index (κ1) is 26.4. The van der Waals surface area contributed by atoms with E-state index < -0.39 is 0 Å². The molecule has 176 valence electrons. The van der Waals surface area contributed by atoms with Crippen molar-refractivity contribution in [3.63, 3.8) is 0 Å². The SMILES string of the molecule is CN=C(NCc1ccc(CN2CCC(O)CC2)cc1)NCC(C)(C)N1CCCCC1.I. The van der Waals surface area contributed by atoms with Crippen LogP contribution in [-0.4, -0.2) is 72.3 Å². The van der Waals surface area contributed by atoms with Crippen LogP contribution >= 0.6 is 24.0 Å². The third-order valence-electron chi connectivity index (χ3n) is 6.57. The van der Waals surface area contributed by atoms with Gasteiger partial charge in [0.15, 0.2) is 5.96 Å². The molecule has 0 atom stereocenters. The van der Waals surface area contributed by atoms with Crippen LogP contribution in [0, 0.1) is 0 Å². The highest BCUT2D eigenvalue weighted by Crippen LogP contribution is 2.20. The molecule has 1 aromatic carbocycles. The lowest BCUT2D eigenvalue weighted by Crippen LogP contribution is -2.54. The lowest BCUT2D eigenvalue weighted by Gasteiger charge is -2.41. The molecule has 0 radical (unpaired) electrons. The molecule has 2 aliphatic rings. The molecule has 0 spiro atoms. The first-order valence-corrected chi connectivity index (χ1v) is 11.6. The molecule has 2 aliphatic heterocycles. The predicted molar refractivity (Wildman–Crippen MR) is 140 cm³/mol. The molecule has 6 nitrogen and oxygen atoms in total. The van der Waals surface area contributed by atoms with Gasteiger partial charge in [0.25, 0.3) is 0 Å². The first-order valence-electron chi connectivity index (χ1n) is 11.6. The van der Waals surface area contributed by atoms with E-state index in [-0.39, 0.29) is 35.6 Å². The minimum atomic E-state index is -0.108. The summed E-state index contributed by atoms with van der Waals surface area (Å²) in [5, 5.41) is 16.6. The van der Waals surface area contributed by atoms with E-state index in [4.69, 9.17) is 0 Å². The van der Waals surface area contributed by atoms with Gasteiger partial charge in [0.2, 0.25) is 0 Å². The van der Waals surface area contributed by atoms with Crippen LogP contribution in [0.1, 0.15) is 57.1 Å². The molecule has 0 aromatic heterocycles. The lowest BCUT2D eigenvalue weighted by atomic mass is 9.98. The largest absolute Gasteiger partial charge is 0.393 e. The van der Waals surface area contributed by atoms with E-state index in [1.54, 1.807) is 0 Å². The van der Waals surface area contributed by atoms with E-state index in [2.05, 4.69) is 63.5 Å². The molecule has 7 heteroatoms. The Morgan fingerprint density at radius 3 is 2.23 bits per heavy atom. The normalized spacial score (nSPS) is 19.7. The maximum absolute atomic E-state index is 9.65. The second-order valence-electron chi connectivity index (χ2n) is 9.46. The number of likely N-dealkylation sites (tertiary alicyclic amines) is 2. The molecule has 2 fully saturated rings. The van der Waals surface area contributed by atoms with Crippen LogP contribution in [0.5, 0.6) is 0 Å². The molecule has 0 unspecified atom stereocenters. The average molecular weight is 544 g/mol. The van der Waals surface area contributed by atoms with Gasteiger partial charge in [-0.05, 0) is 63.7 Å². The Kier molecular flexibility index (Phi) is 11.0. The van der Waals surface area contributed by atoms with E-state index in [1.165, 1.54) is 43.5 Å². The maximum Gasteiger partial charge on any atom is 0.191 e. The van der Waals surface area contributed by atoms with Crippen LogP contribution in [-0.2, 0) is 13.1 Å². The number of nitrogens with one attached hydrogen (secondary N) is 2. The molecule has 3 rings (SSSR count). The number of benzene rings is 1. The maximum atomic E-state index is 9.65. The summed E-state index contributed by atoms with van der Waals surface area (Å²) in [4.78, 5) is 9.42. The number of aliphatic hydroxyl groups excluding tert-OH is 1. The third-order valence-corrected chi connectivity index (χ3v) is 6.57. The molecule has 2 heterocycles. The van der Waals surface area contributed by atoms with Crippen LogP contribution in [0.2, 0.25) is 0 Å². The summed E-state index contributed by atoms with van der Waals surface area (Å²) in [6.07, 6.45) is 5.66. The van der Waals surface area contributed by atoms with Crippen LogP contribution in [0.3, 0.4) is 0 Å². The van der Waals surface area contributed by atoms with Crippen LogP contribution in [0.25, 0.3) is 0 Å². The Morgan fingerprint density at radius 2 is 1.61 bits per heavy atom. The number of hydrogen-bond acceptors (Lipinski definition) is 4. The summed E-state index contributed by atoms with van der Waals surface area (Å²) in [5.74, 6) is 0.857. The van der Waals surface area contributed by atoms with E-state index in [0.29, 0.717) is 0 Å². The van der Waals surface area contributed by atoms with Gasteiger partial charge in [-0.2, -0.15) is 0 Å². The van der Waals surface area contributed by atoms with Gasteiger partial charge in [-0.1, -0.05) is 30.7 Å². The Morgan fingerprint density at radius 1 is 1.00 bits per heavy atom. The lowest BCUT2D eigenvalue weighted by molar-refractivity contribution is 0.0792. The average Bonchev–Trinajstić information content (AvgIpc) is 2.77. The van der Waals surface area contributed by atoms with Crippen molar-refractivity contribution in [3.8, 4) is 0 Å². The Balaban J connectivity index is 0.00000341. The van der Waals surface area contributed by atoms with E-state index >= 15 is 0 Å².